The molecule has 1 N–H and O–H groups in total. The summed E-state index contributed by atoms with van der Waals surface area (Å²) in [5.74, 6) is 0.218. The van der Waals surface area contributed by atoms with Crippen LogP contribution in [-0.2, 0) is 0 Å². The van der Waals surface area contributed by atoms with E-state index < -0.39 is 5.51 Å². The Morgan fingerprint density at radius 3 is 2.38 bits per heavy atom. The normalized spacial score (nSPS) is 24.2. The van der Waals surface area contributed by atoms with E-state index in [9.17, 15) is 13.2 Å². The highest BCUT2D eigenvalue weighted by molar-refractivity contribution is 8.00. The molecular weight excluding hydrogens is 235 g/mol. The van der Waals surface area contributed by atoms with Gasteiger partial charge in [0.25, 0.3) is 0 Å². The summed E-state index contributed by atoms with van der Waals surface area (Å²) in [7, 11) is 0. The number of rotatable bonds is 6. The van der Waals surface area contributed by atoms with Crippen molar-refractivity contribution >= 4 is 11.8 Å². The monoisotopic (exact) mass is 253 g/mol. The zero-order valence-corrected chi connectivity index (χ0v) is 10.1. The highest BCUT2D eigenvalue weighted by Crippen LogP contribution is 2.45. The number of alkyl halides is 3. The van der Waals surface area contributed by atoms with Crippen LogP contribution in [0.25, 0.3) is 0 Å². The van der Waals surface area contributed by atoms with E-state index in [0.717, 1.165) is 19.4 Å². The average molecular weight is 253 g/mol. The number of hydrogen-bond donors (Lipinski definition) is 1. The smallest absolute Gasteiger partial charge is 0.313 e. The molecule has 0 spiro atoms. The average Bonchev–Trinajstić information content (AvgIpc) is 2.89. The second-order valence-electron chi connectivity index (χ2n) is 5.05. The summed E-state index contributed by atoms with van der Waals surface area (Å²) in [5.41, 5.74) is -3.88. The Morgan fingerprint density at radius 2 is 1.94 bits per heavy atom. The van der Waals surface area contributed by atoms with Gasteiger partial charge in [-0.25, -0.2) is 0 Å². The van der Waals surface area contributed by atoms with Crippen molar-refractivity contribution in [3.05, 3.63) is 0 Å². The van der Waals surface area contributed by atoms with Crippen molar-refractivity contribution in [2.24, 2.45) is 5.41 Å². The van der Waals surface area contributed by atoms with Crippen molar-refractivity contribution in [1.29, 1.82) is 0 Å². The van der Waals surface area contributed by atoms with Crippen molar-refractivity contribution < 1.29 is 13.2 Å². The first-order valence-electron chi connectivity index (χ1n) is 5.93. The third kappa shape index (κ3) is 3.84. The van der Waals surface area contributed by atoms with Crippen molar-refractivity contribution in [3.63, 3.8) is 0 Å². The van der Waals surface area contributed by atoms with Crippen molar-refractivity contribution in [1.82, 2.24) is 5.32 Å². The standard InChI is InChI=1S/C11H18F3NS/c12-11(13,14)16-7-6-10(4-1-5-10)8-15-9-2-3-9/h9,15H,1-8H2. The van der Waals surface area contributed by atoms with Crippen LogP contribution in [0.5, 0.6) is 0 Å². The number of thioether (sulfide) groups is 1. The molecule has 0 aliphatic heterocycles. The van der Waals surface area contributed by atoms with Crippen molar-refractivity contribution in [3.8, 4) is 0 Å². The topological polar surface area (TPSA) is 12.0 Å². The molecule has 2 aliphatic carbocycles. The Bertz CT molecular complexity index is 234. The maximum Gasteiger partial charge on any atom is 0.441 e. The molecule has 0 amide bonds. The predicted octanol–water partition coefficient (Wildman–Crippen LogP) is 3.55. The molecule has 2 rings (SSSR count). The van der Waals surface area contributed by atoms with Gasteiger partial charge >= 0.3 is 5.51 Å². The lowest BCUT2D eigenvalue weighted by Gasteiger charge is -2.42. The second-order valence-corrected chi connectivity index (χ2v) is 6.21. The van der Waals surface area contributed by atoms with Gasteiger partial charge in [0.1, 0.15) is 0 Å². The van der Waals surface area contributed by atoms with Crippen LogP contribution in [0.15, 0.2) is 0 Å². The molecule has 94 valence electrons. The van der Waals surface area contributed by atoms with Gasteiger partial charge in [0, 0.05) is 18.3 Å². The van der Waals surface area contributed by atoms with E-state index in [-0.39, 0.29) is 22.9 Å². The first-order valence-corrected chi connectivity index (χ1v) is 6.92. The third-order valence-corrected chi connectivity index (χ3v) is 4.39. The molecule has 0 bridgehead atoms. The molecule has 0 unspecified atom stereocenters. The highest BCUT2D eigenvalue weighted by atomic mass is 32.2. The van der Waals surface area contributed by atoms with Gasteiger partial charge in [-0.3, -0.25) is 0 Å². The quantitative estimate of drug-likeness (QED) is 0.777. The molecule has 1 nitrogen and oxygen atoms in total. The van der Waals surface area contributed by atoms with Gasteiger partial charge in [-0.1, -0.05) is 18.2 Å². The van der Waals surface area contributed by atoms with Crippen LogP contribution < -0.4 is 5.32 Å². The molecule has 2 fully saturated rings. The maximum absolute atomic E-state index is 12.0. The molecule has 0 aromatic rings. The molecule has 0 saturated heterocycles. The van der Waals surface area contributed by atoms with E-state index in [1.807, 2.05) is 0 Å². The molecule has 2 aliphatic rings. The zero-order chi connectivity index (χ0) is 11.6. The van der Waals surface area contributed by atoms with Crippen LogP contribution in [0.2, 0.25) is 0 Å². The van der Waals surface area contributed by atoms with Gasteiger partial charge in [0.15, 0.2) is 0 Å². The van der Waals surface area contributed by atoms with Gasteiger partial charge in [-0.05, 0) is 37.5 Å². The fourth-order valence-electron chi connectivity index (χ4n) is 2.22. The summed E-state index contributed by atoms with van der Waals surface area (Å²) in [6.07, 6.45) is 6.58. The van der Waals surface area contributed by atoms with E-state index >= 15 is 0 Å². The van der Waals surface area contributed by atoms with Gasteiger partial charge in [-0.15, -0.1) is 0 Å². The summed E-state index contributed by atoms with van der Waals surface area (Å²) >= 11 is 0.132. The largest absolute Gasteiger partial charge is 0.441 e. The van der Waals surface area contributed by atoms with Crippen LogP contribution in [0, 0.1) is 5.41 Å². The lowest BCUT2D eigenvalue weighted by molar-refractivity contribution is -0.0330. The minimum Gasteiger partial charge on any atom is -0.313 e. The summed E-state index contributed by atoms with van der Waals surface area (Å²) in [6.45, 7) is 0.927. The van der Waals surface area contributed by atoms with Crippen molar-refractivity contribution in [2.45, 2.75) is 50.1 Å². The van der Waals surface area contributed by atoms with Crippen LogP contribution in [-0.4, -0.2) is 23.8 Å². The molecule has 5 heteroatoms. The summed E-state index contributed by atoms with van der Waals surface area (Å²) in [4.78, 5) is 0. The van der Waals surface area contributed by atoms with E-state index in [2.05, 4.69) is 5.32 Å². The van der Waals surface area contributed by atoms with Gasteiger partial charge in [0.05, 0.1) is 0 Å². The molecule has 2 saturated carbocycles. The molecule has 16 heavy (non-hydrogen) atoms. The lowest BCUT2D eigenvalue weighted by Crippen LogP contribution is -2.41. The number of halogens is 3. The second kappa shape index (κ2) is 4.77. The molecule has 0 aromatic heterocycles. The minimum absolute atomic E-state index is 0.132. The summed E-state index contributed by atoms with van der Waals surface area (Å²) in [5, 5.41) is 3.46. The van der Waals surface area contributed by atoms with Gasteiger partial charge in [0.2, 0.25) is 0 Å². The predicted molar refractivity (Wildman–Crippen MR) is 60.4 cm³/mol. The van der Waals surface area contributed by atoms with Gasteiger partial charge in [-0.2, -0.15) is 13.2 Å². The molecule has 0 aromatic carbocycles. The van der Waals surface area contributed by atoms with Gasteiger partial charge < -0.3 is 5.32 Å². The van der Waals surface area contributed by atoms with Crippen LogP contribution in [0.4, 0.5) is 13.2 Å². The molecular formula is C11H18F3NS. The first kappa shape index (κ1) is 12.6. The fourth-order valence-corrected chi connectivity index (χ4v) is 2.99. The van der Waals surface area contributed by atoms with Crippen LogP contribution in [0.1, 0.15) is 38.5 Å². The molecule has 0 heterocycles. The third-order valence-electron chi connectivity index (χ3n) is 3.66. The fraction of sp³-hybridized carbons (Fsp3) is 1.00. The summed E-state index contributed by atoms with van der Waals surface area (Å²) < 4.78 is 36.1. The number of nitrogens with one attached hydrogen (secondary N) is 1. The Hall–Kier alpha value is 0.1000. The van der Waals surface area contributed by atoms with E-state index in [4.69, 9.17) is 0 Å². The Balaban J connectivity index is 1.67. The Kier molecular flexibility index (Phi) is 3.74. The Labute approximate surface area is 98.5 Å². The zero-order valence-electron chi connectivity index (χ0n) is 9.28. The lowest BCUT2D eigenvalue weighted by atomic mass is 9.67. The van der Waals surface area contributed by atoms with Crippen LogP contribution >= 0.6 is 11.8 Å². The molecule has 0 atom stereocenters. The van der Waals surface area contributed by atoms with E-state index in [0.29, 0.717) is 12.5 Å². The maximum atomic E-state index is 12.0. The van der Waals surface area contributed by atoms with E-state index in [1.54, 1.807) is 0 Å². The van der Waals surface area contributed by atoms with E-state index in [1.165, 1.54) is 19.3 Å². The molecule has 0 radical (unpaired) electrons. The van der Waals surface area contributed by atoms with Crippen molar-refractivity contribution in [2.75, 3.05) is 12.3 Å². The van der Waals surface area contributed by atoms with Crippen LogP contribution in [0.3, 0.4) is 0 Å². The Morgan fingerprint density at radius 1 is 1.25 bits per heavy atom. The highest BCUT2D eigenvalue weighted by Gasteiger charge is 2.39. The first-order chi connectivity index (χ1) is 7.49. The minimum atomic E-state index is -4.06. The summed E-state index contributed by atoms with van der Waals surface area (Å²) in [6, 6.07) is 0.660. The SMILES string of the molecule is FC(F)(F)SCCC1(CNC2CC2)CCC1. The number of hydrogen-bond acceptors (Lipinski definition) is 2.